The Balaban J connectivity index is 1.59. The van der Waals surface area contributed by atoms with E-state index in [1.165, 1.54) is 0 Å². The van der Waals surface area contributed by atoms with Crippen LogP contribution in [0.4, 0.5) is 0 Å². The van der Waals surface area contributed by atoms with Crippen molar-refractivity contribution in [1.82, 2.24) is 29.8 Å². The summed E-state index contributed by atoms with van der Waals surface area (Å²) in [5, 5.41) is 9.81. The third kappa shape index (κ3) is 3.79. The van der Waals surface area contributed by atoms with E-state index in [0.29, 0.717) is 0 Å². The fourth-order valence-electron chi connectivity index (χ4n) is 3.61. The highest BCUT2D eigenvalue weighted by atomic mass is 16.5. The normalized spacial score (nSPS) is 16.1. The van der Waals surface area contributed by atoms with Gasteiger partial charge in [0.2, 0.25) is 0 Å². The van der Waals surface area contributed by atoms with Crippen molar-refractivity contribution < 1.29 is 4.74 Å². The molecule has 4 rings (SSSR count). The lowest BCUT2D eigenvalue weighted by Crippen LogP contribution is -2.45. The molecular formula is C20H26N6O. The minimum absolute atomic E-state index is 0.809. The molecule has 27 heavy (non-hydrogen) atoms. The van der Waals surface area contributed by atoms with E-state index in [1.54, 1.807) is 7.11 Å². The summed E-state index contributed by atoms with van der Waals surface area (Å²) in [5.74, 6) is 0.809. The largest absolute Gasteiger partial charge is 0.497 e. The molecule has 3 aromatic rings. The van der Waals surface area contributed by atoms with Gasteiger partial charge in [-0.2, -0.15) is 0 Å². The van der Waals surface area contributed by atoms with Gasteiger partial charge in [-0.3, -0.25) is 9.88 Å². The van der Waals surface area contributed by atoms with E-state index in [9.17, 15) is 0 Å². The zero-order valence-electron chi connectivity index (χ0n) is 16.2. The maximum atomic E-state index is 5.38. The molecule has 1 fully saturated rings. The standard InChI is InChI=1S/C20H26N6O/c1-4-24-7-9-25(10-8-24)13-16-14-26(23-22-16)20-11-15(2)21-19-6-5-17(27-3)12-18(19)20/h5-6,11-12,14H,4,7-10,13H2,1-3H3. The van der Waals surface area contributed by atoms with E-state index in [-0.39, 0.29) is 0 Å². The van der Waals surface area contributed by atoms with Gasteiger partial charge in [0.25, 0.3) is 0 Å². The van der Waals surface area contributed by atoms with E-state index in [1.807, 2.05) is 42.1 Å². The van der Waals surface area contributed by atoms with Crippen LogP contribution in [0.1, 0.15) is 18.3 Å². The number of piperazine rings is 1. The second-order valence-electron chi connectivity index (χ2n) is 7.03. The van der Waals surface area contributed by atoms with Crippen LogP contribution in [0.15, 0.2) is 30.5 Å². The summed E-state index contributed by atoms with van der Waals surface area (Å²) in [6.45, 7) is 10.6. The molecule has 7 heteroatoms. The van der Waals surface area contributed by atoms with Crippen molar-refractivity contribution in [2.45, 2.75) is 20.4 Å². The van der Waals surface area contributed by atoms with Gasteiger partial charge < -0.3 is 9.64 Å². The summed E-state index contributed by atoms with van der Waals surface area (Å²) >= 11 is 0. The topological polar surface area (TPSA) is 59.3 Å². The molecule has 2 aromatic heterocycles. The van der Waals surface area contributed by atoms with Gasteiger partial charge in [-0.05, 0) is 37.7 Å². The number of likely N-dealkylation sites (N-methyl/N-ethyl adjacent to an activating group) is 1. The summed E-state index contributed by atoms with van der Waals surface area (Å²) in [6, 6.07) is 7.96. The van der Waals surface area contributed by atoms with Crippen molar-refractivity contribution in [3.05, 3.63) is 41.9 Å². The Labute approximate surface area is 159 Å². The molecule has 0 aliphatic carbocycles. The number of pyridine rings is 1. The second-order valence-corrected chi connectivity index (χ2v) is 7.03. The Morgan fingerprint density at radius 2 is 1.85 bits per heavy atom. The Bertz CT molecular complexity index is 929. The summed E-state index contributed by atoms with van der Waals surface area (Å²) in [4.78, 5) is 9.55. The quantitative estimate of drug-likeness (QED) is 0.690. The van der Waals surface area contributed by atoms with E-state index in [2.05, 4.69) is 32.0 Å². The minimum atomic E-state index is 0.809. The minimum Gasteiger partial charge on any atom is -0.497 e. The van der Waals surface area contributed by atoms with Crippen LogP contribution >= 0.6 is 0 Å². The number of nitrogens with zero attached hydrogens (tertiary/aromatic N) is 6. The lowest BCUT2D eigenvalue weighted by atomic mass is 10.1. The van der Waals surface area contributed by atoms with Gasteiger partial charge in [0.15, 0.2) is 0 Å². The number of aryl methyl sites for hydroxylation is 1. The molecule has 0 radical (unpaired) electrons. The molecule has 0 N–H and O–H groups in total. The lowest BCUT2D eigenvalue weighted by molar-refractivity contribution is 0.131. The molecule has 0 spiro atoms. The van der Waals surface area contributed by atoms with Crippen LogP contribution in [0.2, 0.25) is 0 Å². The second kappa shape index (κ2) is 7.62. The molecule has 0 atom stereocenters. The monoisotopic (exact) mass is 366 g/mol. The first-order valence-corrected chi connectivity index (χ1v) is 9.48. The Morgan fingerprint density at radius 3 is 2.59 bits per heavy atom. The van der Waals surface area contributed by atoms with Crippen molar-refractivity contribution in [3.8, 4) is 11.4 Å². The van der Waals surface area contributed by atoms with Gasteiger partial charge in [-0.15, -0.1) is 5.10 Å². The molecule has 1 aromatic carbocycles. The molecular weight excluding hydrogens is 340 g/mol. The van der Waals surface area contributed by atoms with Gasteiger partial charge in [-0.25, -0.2) is 4.68 Å². The van der Waals surface area contributed by atoms with Crippen molar-refractivity contribution in [3.63, 3.8) is 0 Å². The number of rotatable bonds is 5. The molecule has 142 valence electrons. The Kier molecular flexibility index (Phi) is 5.05. The molecule has 0 bridgehead atoms. The SMILES string of the molecule is CCN1CCN(Cc2cn(-c3cc(C)nc4ccc(OC)cc34)nn2)CC1. The van der Waals surface area contributed by atoms with E-state index < -0.39 is 0 Å². The lowest BCUT2D eigenvalue weighted by Gasteiger charge is -2.33. The van der Waals surface area contributed by atoms with Gasteiger partial charge in [-0.1, -0.05) is 12.1 Å². The molecule has 1 aliphatic heterocycles. The van der Waals surface area contributed by atoms with Crippen molar-refractivity contribution >= 4 is 10.9 Å². The number of fused-ring (bicyclic) bond motifs is 1. The summed E-state index contributed by atoms with van der Waals surface area (Å²) in [5.41, 5.74) is 3.85. The number of aromatic nitrogens is 4. The maximum Gasteiger partial charge on any atom is 0.119 e. The zero-order chi connectivity index (χ0) is 18.8. The van der Waals surface area contributed by atoms with Crippen LogP contribution in [-0.2, 0) is 6.54 Å². The van der Waals surface area contributed by atoms with Crippen LogP contribution in [0.25, 0.3) is 16.6 Å². The highest BCUT2D eigenvalue weighted by Crippen LogP contribution is 2.26. The number of hydrogen-bond acceptors (Lipinski definition) is 6. The molecule has 0 amide bonds. The van der Waals surface area contributed by atoms with Gasteiger partial charge >= 0.3 is 0 Å². The zero-order valence-corrected chi connectivity index (χ0v) is 16.2. The highest BCUT2D eigenvalue weighted by molar-refractivity contribution is 5.88. The Hall–Kier alpha value is -2.51. The molecule has 1 saturated heterocycles. The fraction of sp³-hybridized carbons (Fsp3) is 0.450. The Morgan fingerprint density at radius 1 is 1.07 bits per heavy atom. The smallest absolute Gasteiger partial charge is 0.119 e. The predicted octanol–water partition coefficient (Wildman–Crippen LogP) is 2.27. The molecule has 1 aliphatic rings. The first kappa shape index (κ1) is 17.9. The van der Waals surface area contributed by atoms with Crippen LogP contribution in [0, 0.1) is 6.92 Å². The van der Waals surface area contributed by atoms with E-state index in [0.717, 1.165) is 73.0 Å². The third-order valence-electron chi connectivity index (χ3n) is 5.21. The van der Waals surface area contributed by atoms with Gasteiger partial charge in [0, 0.05) is 43.8 Å². The summed E-state index contributed by atoms with van der Waals surface area (Å²) in [7, 11) is 1.67. The molecule has 0 saturated carbocycles. The first-order chi connectivity index (χ1) is 13.2. The van der Waals surface area contributed by atoms with Gasteiger partial charge in [0.05, 0.1) is 30.2 Å². The van der Waals surface area contributed by atoms with Crippen molar-refractivity contribution in [2.24, 2.45) is 0 Å². The molecule has 7 nitrogen and oxygen atoms in total. The first-order valence-electron chi connectivity index (χ1n) is 9.48. The van der Waals surface area contributed by atoms with Crippen LogP contribution < -0.4 is 4.74 Å². The van der Waals surface area contributed by atoms with Crippen molar-refractivity contribution in [2.75, 3.05) is 39.8 Å². The van der Waals surface area contributed by atoms with Crippen LogP contribution in [0.3, 0.4) is 0 Å². The van der Waals surface area contributed by atoms with Crippen LogP contribution in [0.5, 0.6) is 5.75 Å². The summed E-state index contributed by atoms with van der Waals surface area (Å²) < 4.78 is 7.24. The number of ether oxygens (including phenoxy) is 1. The maximum absolute atomic E-state index is 5.38. The molecule has 0 unspecified atom stereocenters. The highest BCUT2D eigenvalue weighted by Gasteiger charge is 2.17. The third-order valence-corrected chi connectivity index (χ3v) is 5.21. The number of methoxy groups -OCH3 is 1. The van der Waals surface area contributed by atoms with E-state index in [4.69, 9.17) is 4.74 Å². The van der Waals surface area contributed by atoms with Crippen molar-refractivity contribution in [1.29, 1.82) is 0 Å². The number of benzene rings is 1. The van der Waals surface area contributed by atoms with Gasteiger partial charge in [0.1, 0.15) is 5.75 Å². The molecule has 3 heterocycles. The fourth-order valence-corrected chi connectivity index (χ4v) is 3.61. The summed E-state index contributed by atoms with van der Waals surface area (Å²) in [6.07, 6.45) is 2.03. The number of hydrogen-bond donors (Lipinski definition) is 0. The average Bonchev–Trinajstić information content (AvgIpc) is 3.16. The predicted molar refractivity (Wildman–Crippen MR) is 105 cm³/mol. The van der Waals surface area contributed by atoms with Crippen LogP contribution in [-0.4, -0.2) is 69.6 Å². The average molecular weight is 366 g/mol. The van der Waals surface area contributed by atoms with E-state index >= 15 is 0 Å².